The number of rotatable bonds is 1. The monoisotopic (exact) mass is 400 g/mol. The van der Waals surface area contributed by atoms with Gasteiger partial charge in [0, 0.05) is 12.1 Å². The number of benzene rings is 1. The van der Waals surface area contributed by atoms with Crippen molar-refractivity contribution in [2.75, 3.05) is 13.7 Å². The zero-order valence-corrected chi connectivity index (χ0v) is 16.4. The van der Waals surface area contributed by atoms with Crippen LogP contribution in [0.4, 0.5) is 0 Å². The van der Waals surface area contributed by atoms with Gasteiger partial charge in [-0.1, -0.05) is 24.3 Å². The van der Waals surface area contributed by atoms with Crippen LogP contribution in [0.5, 0.6) is 0 Å². The molecule has 4 heterocycles. The fourth-order valence-corrected chi connectivity index (χ4v) is 9.09. The lowest BCUT2D eigenvalue weighted by Crippen LogP contribution is -2.84. The minimum Gasteiger partial charge on any atom is -0.468 e. The number of amides is 2. The summed E-state index contributed by atoms with van der Waals surface area (Å²) in [5.41, 5.74) is -0.872. The van der Waals surface area contributed by atoms with E-state index in [1.165, 1.54) is 23.8 Å². The molecule has 0 radical (unpaired) electrons. The minimum atomic E-state index is -1.61. The number of ether oxygens (including phenoxy) is 1. The molecule has 6 rings (SSSR count). The summed E-state index contributed by atoms with van der Waals surface area (Å²) in [7, 11) is 1.38. The molecule has 1 spiro atoms. The lowest BCUT2D eigenvalue weighted by atomic mass is 9.52. The predicted octanol–water partition coefficient (Wildman–Crippen LogP) is 0.767. The molecule has 28 heavy (non-hydrogen) atoms. The summed E-state index contributed by atoms with van der Waals surface area (Å²) in [6.45, 7) is 2.04. The number of hydrogen-bond acceptors (Lipinski definition) is 6. The Morgan fingerprint density at radius 3 is 2.79 bits per heavy atom. The van der Waals surface area contributed by atoms with E-state index in [0.29, 0.717) is 18.5 Å². The highest BCUT2D eigenvalue weighted by atomic mass is 32.2. The van der Waals surface area contributed by atoms with Crippen LogP contribution in [0.25, 0.3) is 0 Å². The van der Waals surface area contributed by atoms with Gasteiger partial charge in [-0.05, 0) is 31.2 Å². The highest BCUT2D eigenvalue weighted by molar-refractivity contribution is 8.02. The molecule has 5 aliphatic rings. The standard InChI is InChI=1S/C20H20N2O5S/c1-18(26)12-6-4-3-5-11(12)13-14-20-10(9-19(20,28-13)17(25)27-2)7-8-21(20)15(23)16(24)22(14)18/h3-6,10,13-14,26H,7-9H2,1-2H3/t10-,13+,14-,18+,19-,20-/m0/s1. The fourth-order valence-electron chi connectivity index (χ4n) is 6.80. The summed E-state index contributed by atoms with van der Waals surface area (Å²) in [5, 5.41) is 11.3. The van der Waals surface area contributed by atoms with Crippen molar-refractivity contribution in [3.8, 4) is 0 Å². The highest BCUT2D eigenvalue weighted by Gasteiger charge is 2.87. The van der Waals surface area contributed by atoms with E-state index in [1.54, 1.807) is 17.9 Å². The molecule has 0 unspecified atom stereocenters. The average molecular weight is 400 g/mol. The molecule has 1 aromatic rings. The number of carbonyl (C=O) groups is 3. The van der Waals surface area contributed by atoms with E-state index < -0.39 is 33.9 Å². The minimum absolute atomic E-state index is 0.120. The molecule has 6 atom stereocenters. The number of nitrogens with zero attached hydrogens (tertiary/aromatic N) is 2. The van der Waals surface area contributed by atoms with Gasteiger partial charge in [0.05, 0.1) is 23.9 Å². The molecule has 2 amide bonds. The van der Waals surface area contributed by atoms with Crippen LogP contribution in [0.1, 0.15) is 36.1 Å². The number of methoxy groups -OCH3 is 1. The number of carbonyl (C=O) groups excluding carboxylic acids is 3. The molecule has 4 fully saturated rings. The SMILES string of the molecule is COC(=O)[C@]12C[C@@H]3CCN4C(=O)C(=O)N5[C@@H]([C@H](S1)c1ccccc1[C@@]5(C)O)[C@]342. The Kier molecular flexibility index (Phi) is 2.85. The van der Waals surface area contributed by atoms with E-state index in [-0.39, 0.29) is 17.1 Å². The average Bonchev–Trinajstić information content (AvgIpc) is 3.11. The molecule has 1 N–H and O–H groups in total. The van der Waals surface area contributed by atoms with E-state index in [4.69, 9.17) is 4.74 Å². The summed E-state index contributed by atoms with van der Waals surface area (Å²) in [4.78, 5) is 42.4. The Bertz CT molecular complexity index is 979. The summed E-state index contributed by atoms with van der Waals surface area (Å²) in [6.07, 6.45) is 1.40. The normalized spacial score (nSPS) is 44.6. The van der Waals surface area contributed by atoms with Crippen LogP contribution in [0, 0.1) is 5.92 Å². The van der Waals surface area contributed by atoms with E-state index in [0.717, 1.165) is 12.0 Å². The molecule has 1 aromatic carbocycles. The summed E-state index contributed by atoms with van der Waals surface area (Å²) in [6, 6.07) is 7.03. The van der Waals surface area contributed by atoms with Gasteiger partial charge >= 0.3 is 17.8 Å². The van der Waals surface area contributed by atoms with E-state index in [1.807, 2.05) is 18.2 Å². The zero-order chi connectivity index (χ0) is 19.6. The molecule has 146 valence electrons. The second-order valence-electron chi connectivity index (χ2n) is 8.56. The molecule has 4 aliphatic heterocycles. The van der Waals surface area contributed by atoms with Crippen molar-refractivity contribution in [1.82, 2.24) is 9.80 Å². The fraction of sp³-hybridized carbons (Fsp3) is 0.550. The number of thioether (sulfide) groups is 1. The number of piperazine rings is 1. The first-order valence-electron chi connectivity index (χ1n) is 9.55. The van der Waals surface area contributed by atoms with Gasteiger partial charge in [0.25, 0.3) is 0 Å². The largest absolute Gasteiger partial charge is 0.468 e. The van der Waals surface area contributed by atoms with Gasteiger partial charge in [-0.25, -0.2) is 0 Å². The topological polar surface area (TPSA) is 87.2 Å². The van der Waals surface area contributed by atoms with Crippen molar-refractivity contribution in [2.45, 2.75) is 47.1 Å². The smallest absolute Gasteiger partial charge is 0.324 e. The first kappa shape index (κ1) is 16.9. The number of esters is 1. The van der Waals surface area contributed by atoms with E-state index in [9.17, 15) is 19.5 Å². The van der Waals surface area contributed by atoms with Crippen LogP contribution in [-0.4, -0.2) is 62.7 Å². The predicted molar refractivity (Wildman–Crippen MR) is 98.9 cm³/mol. The summed E-state index contributed by atoms with van der Waals surface area (Å²) >= 11 is 1.51. The molecular formula is C20H20N2O5S. The quantitative estimate of drug-likeness (QED) is 0.553. The first-order valence-corrected chi connectivity index (χ1v) is 10.4. The maximum atomic E-state index is 13.2. The van der Waals surface area contributed by atoms with Gasteiger partial charge in [-0.3, -0.25) is 19.3 Å². The molecule has 3 saturated heterocycles. The van der Waals surface area contributed by atoms with Crippen molar-refractivity contribution in [1.29, 1.82) is 0 Å². The number of fused-ring (bicyclic) bond motifs is 2. The van der Waals surface area contributed by atoms with Gasteiger partial charge in [0.1, 0.15) is 4.75 Å². The maximum Gasteiger partial charge on any atom is 0.324 e. The van der Waals surface area contributed by atoms with Crippen LogP contribution in [0.2, 0.25) is 0 Å². The van der Waals surface area contributed by atoms with Crippen molar-refractivity contribution < 1.29 is 24.2 Å². The Labute approximate surface area is 166 Å². The van der Waals surface area contributed by atoms with Crippen LogP contribution in [-0.2, 0) is 24.8 Å². The van der Waals surface area contributed by atoms with Gasteiger partial charge in [-0.15, -0.1) is 11.8 Å². The van der Waals surface area contributed by atoms with Crippen molar-refractivity contribution in [2.24, 2.45) is 5.92 Å². The third kappa shape index (κ3) is 1.40. The molecule has 0 bridgehead atoms. The lowest BCUT2D eigenvalue weighted by molar-refractivity contribution is -0.217. The number of hydrogen-bond donors (Lipinski definition) is 1. The molecular weight excluding hydrogens is 380 g/mol. The lowest BCUT2D eigenvalue weighted by Gasteiger charge is -2.65. The molecule has 0 aromatic heterocycles. The maximum absolute atomic E-state index is 13.2. The van der Waals surface area contributed by atoms with Crippen molar-refractivity contribution in [3.63, 3.8) is 0 Å². The highest BCUT2D eigenvalue weighted by Crippen LogP contribution is 2.77. The second-order valence-corrected chi connectivity index (χ2v) is 10.00. The Morgan fingerprint density at radius 2 is 2.04 bits per heavy atom. The molecule has 1 saturated carbocycles. The molecule has 1 aliphatic carbocycles. The second kappa shape index (κ2) is 4.74. The van der Waals surface area contributed by atoms with Crippen molar-refractivity contribution >= 4 is 29.5 Å². The zero-order valence-electron chi connectivity index (χ0n) is 15.5. The van der Waals surface area contributed by atoms with E-state index in [2.05, 4.69) is 0 Å². The van der Waals surface area contributed by atoms with Crippen LogP contribution < -0.4 is 0 Å². The number of aliphatic hydroxyl groups is 1. The van der Waals surface area contributed by atoms with E-state index >= 15 is 0 Å². The molecule has 8 heteroatoms. The van der Waals surface area contributed by atoms with Gasteiger partial charge < -0.3 is 14.7 Å². The Morgan fingerprint density at radius 1 is 1.29 bits per heavy atom. The Balaban J connectivity index is 1.68. The van der Waals surface area contributed by atoms with Crippen LogP contribution >= 0.6 is 11.8 Å². The van der Waals surface area contributed by atoms with Crippen LogP contribution in [0.3, 0.4) is 0 Å². The molecule has 7 nitrogen and oxygen atoms in total. The van der Waals surface area contributed by atoms with Gasteiger partial charge in [0.15, 0.2) is 5.72 Å². The first-order chi connectivity index (χ1) is 13.3. The van der Waals surface area contributed by atoms with Crippen molar-refractivity contribution in [3.05, 3.63) is 35.4 Å². The summed E-state index contributed by atoms with van der Waals surface area (Å²) < 4.78 is 4.31. The third-order valence-electron chi connectivity index (χ3n) is 7.70. The van der Waals surface area contributed by atoms with Crippen LogP contribution in [0.15, 0.2) is 24.3 Å². The van der Waals surface area contributed by atoms with Gasteiger partial charge in [0.2, 0.25) is 0 Å². The third-order valence-corrected chi connectivity index (χ3v) is 9.53. The Hall–Kier alpha value is -2.06. The van der Waals surface area contributed by atoms with Gasteiger partial charge in [-0.2, -0.15) is 0 Å². The summed E-state index contributed by atoms with van der Waals surface area (Å²) in [5.74, 6) is -1.52.